The summed E-state index contributed by atoms with van der Waals surface area (Å²) in [5.41, 5.74) is 2.45. The summed E-state index contributed by atoms with van der Waals surface area (Å²) in [7, 11) is 0. The van der Waals surface area contributed by atoms with E-state index in [2.05, 4.69) is 45.9 Å². The molecule has 1 nitrogen and oxygen atoms in total. The zero-order chi connectivity index (χ0) is 9.84. The molecule has 1 unspecified atom stereocenters. The van der Waals surface area contributed by atoms with Crippen molar-refractivity contribution in [3.05, 3.63) is 29.3 Å². The van der Waals surface area contributed by atoms with Crippen LogP contribution >= 0.6 is 0 Å². The second-order valence-corrected chi connectivity index (χ2v) is 3.56. The molecule has 0 amide bonds. The van der Waals surface area contributed by atoms with Crippen LogP contribution in [-0.2, 0) is 0 Å². The summed E-state index contributed by atoms with van der Waals surface area (Å²) >= 11 is 0. The average molecular weight is 178 g/mol. The summed E-state index contributed by atoms with van der Waals surface area (Å²) in [5, 5.41) is 0. The summed E-state index contributed by atoms with van der Waals surface area (Å²) in [6, 6.07) is 6.24. The summed E-state index contributed by atoms with van der Waals surface area (Å²) in [6.07, 6.45) is 1.35. The van der Waals surface area contributed by atoms with Gasteiger partial charge in [-0.25, -0.2) is 0 Å². The van der Waals surface area contributed by atoms with Crippen molar-refractivity contribution in [2.24, 2.45) is 0 Å². The van der Waals surface area contributed by atoms with Gasteiger partial charge in [-0.15, -0.1) is 0 Å². The monoisotopic (exact) mass is 178 g/mol. The van der Waals surface area contributed by atoms with Gasteiger partial charge in [0.15, 0.2) is 0 Å². The van der Waals surface area contributed by atoms with Crippen LogP contribution in [0.1, 0.15) is 31.4 Å². The zero-order valence-corrected chi connectivity index (χ0v) is 8.92. The van der Waals surface area contributed by atoms with E-state index in [-0.39, 0.29) is 0 Å². The highest BCUT2D eigenvalue weighted by Crippen LogP contribution is 2.23. The third-order valence-electron chi connectivity index (χ3n) is 2.30. The largest absolute Gasteiger partial charge is 0.490 e. The van der Waals surface area contributed by atoms with Crippen molar-refractivity contribution in [2.45, 2.75) is 40.2 Å². The van der Waals surface area contributed by atoms with Crippen LogP contribution in [0.2, 0.25) is 0 Å². The highest BCUT2D eigenvalue weighted by Gasteiger charge is 2.06. The molecule has 0 aliphatic heterocycles. The molecule has 0 aromatic heterocycles. The van der Waals surface area contributed by atoms with Crippen LogP contribution in [0.3, 0.4) is 0 Å². The highest BCUT2D eigenvalue weighted by molar-refractivity contribution is 5.39. The van der Waals surface area contributed by atoms with Crippen LogP contribution in [0.15, 0.2) is 18.2 Å². The molecule has 0 fully saturated rings. The van der Waals surface area contributed by atoms with Gasteiger partial charge >= 0.3 is 0 Å². The van der Waals surface area contributed by atoms with Gasteiger partial charge < -0.3 is 4.74 Å². The Kier molecular flexibility index (Phi) is 3.35. The molecule has 1 aromatic carbocycles. The van der Waals surface area contributed by atoms with Gasteiger partial charge in [0.1, 0.15) is 5.75 Å². The first kappa shape index (κ1) is 10.1. The Labute approximate surface area is 80.7 Å². The maximum atomic E-state index is 5.83. The Morgan fingerprint density at radius 2 is 1.77 bits per heavy atom. The van der Waals surface area contributed by atoms with E-state index in [1.54, 1.807) is 0 Å². The number of rotatable bonds is 3. The fourth-order valence-electron chi connectivity index (χ4n) is 1.27. The van der Waals surface area contributed by atoms with Gasteiger partial charge in [0.25, 0.3) is 0 Å². The Bertz CT molecular complexity index is 258. The van der Waals surface area contributed by atoms with Gasteiger partial charge in [-0.3, -0.25) is 0 Å². The van der Waals surface area contributed by atoms with E-state index >= 15 is 0 Å². The van der Waals surface area contributed by atoms with Gasteiger partial charge in [-0.05, 0) is 38.3 Å². The molecular weight excluding hydrogens is 160 g/mol. The van der Waals surface area contributed by atoms with Gasteiger partial charge in [0.2, 0.25) is 0 Å². The van der Waals surface area contributed by atoms with Gasteiger partial charge in [0.05, 0.1) is 6.10 Å². The maximum absolute atomic E-state index is 5.83. The first-order valence-electron chi connectivity index (χ1n) is 4.88. The molecule has 0 radical (unpaired) electrons. The Morgan fingerprint density at radius 3 is 2.23 bits per heavy atom. The first-order valence-corrected chi connectivity index (χ1v) is 4.88. The molecule has 0 aliphatic carbocycles. The third-order valence-corrected chi connectivity index (χ3v) is 2.30. The van der Waals surface area contributed by atoms with Crippen molar-refractivity contribution in [3.63, 3.8) is 0 Å². The van der Waals surface area contributed by atoms with Gasteiger partial charge in [-0.2, -0.15) is 0 Å². The quantitative estimate of drug-likeness (QED) is 0.688. The highest BCUT2D eigenvalue weighted by atomic mass is 16.5. The van der Waals surface area contributed by atoms with Crippen molar-refractivity contribution in [2.75, 3.05) is 0 Å². The molecule has 0 saturated heterocycles. The summed E-state index contributed by atoms with van der Waals surface area (Å²) < 4.78 is 5.83. The van der Waals surface area contributed by atoms with Crippen molar-refractivity contribution >= 4 is 0 Å². The maximum Gasteiger partial charge on any atom is 0.125 e. The van der Waals surface area contributed by atoms with Crippen LogP contribution in [0.5, 0.6) is 5.75 Å². The lowest BCUT2D eigenvalue weighted by Gasteiger charge is -2.16. The third kappa shape index (κ3) is 2.48. The van der Waals surface area contributed by atoms with Crippen molar-refractivity contribution in [1.82, 2.24) is 0 Å². The van der Waals surface area contributed by atoms with Gasteiger partial charge in [0, 0.05) is 0 Å². The van der Waals surface area contributed by atoms with Gasteiger partial charge in [-0.1, -0.05) is 25.1 Å². The topological polar surface area (TPSA) is 9.23 Å². The SMILES string of the molecule is CCC(C)Oc1c(C)cccc1C. The molecule has 0 heterocycles. The smallest absolute Gasteiger partial charge is 0.125 e. The Hall–Kier alpha value is -0.980. The molecular formula is C12H18O. The van der Waals surface area contributed by atoms with Crippen LogP contribution < -0.4 is 4.74 Å². The number of hydrogen-bond acceptors (Lipinski definition) is 1. The fourth-order valence-corrected chi connectivity index (χ4v) is 1.27. The minimum Gasteiger partial charge on any atom is -0.490 e. The number of ether oxygens (including phenoxy) is 1. The van der Waals surface area contributed by atoms with E-state index in [0.29, 0.717) is 6.10 Å². The number of benzene rings is 1. The van der Waals surface area contributed by atoms with Crippen LogP contribution in [-0.4, -0.2) is 6.10 Å². The van der Waals surface area contributed by atoms with Crippen LogP contribution in [0.4, 0.5) is 0 Å². The molecule has 0 aliphatic rings. The lowest BCUT2D eigenvalue weighted by atomic mass is 10.1. The summed E-state index contributed by atoms with van der Waals surface area (Å²) in [4.78, 5) is 0. The summed E-state index contributed by atoms with van der Waals surface area (Å²) in [5.74, 6) is 1.05. The lowest BCUT2D eigenvalue weighted by Crippen LogP contribution is -2.11. The minimum absolute atomic E-state index is 0.305. The van der Waals surface area contributed by atoms with Crippen LogP contribution in [0, 0.1) is 13.8 Å². The molecule has 0 N–H and O–H groups in total. The second kappa shape index (κ2) is 4.31. The molecule has 1 rings (SSSR count). The van der Waals surface area contributed by atoms with E-state index < -0.39 is 0 Å². The van der Waals surface area contributed by atoms with E-state index in [0.717, 1.165) is 12.2 Å². The Morgan fingerprint density at radius 1 is 1.23 bits per heavy atom. The van der Waals surface area contributed by atoms with Crippen molar-refractivity contribution in [1.29, 1.82) is 0 Å². The molecule has 0 bridgehead atoms. The van der Waals surface area contributed by atoms with E-state index in [1.165, 1.54) is 11.1 Å². The normalized spacial score (nSPS) is 12.6. The predicted octanol–water partition coefficient (Wildman–Crippen LogP) is 3.48. The molecule has 0 spiro atoms. The molecule has 0 saturated carbocycles. The first-order chi connectivity index (χ1) is 6.15. The number of para-hydroxylation sites is 1. The van der Waals surface area contributed by atoms with Crippen LogP contribution in [0.25, 0.3) is 0 Å². The minimum atomic E-state index is 0.305. The number of hydrogen-bond donors (Lipinski definition) is 0. The molecule has 13 heavy (non-hydrogen) atoms. The molecule has 1 heteroatoms. The van der Waals surface area contributed by atoms with E-state index in [1.807, 2.05) is 0 Å². The lowest BCUT2D eigenvalue weighted by molar-refractivity contribution is 0.214. The van der Waals surface area contributed by atoms with Crippen molar-refractivity contribution in [3.8, 4) is 5.75 Å². The Balaban J connectivity index is 2.87. The fraction of sp³-hybridized carbons (Fsp3) is 0.500. The number of aryl methyl sites for hydroxylation is 2. The summed E-state index contributed by atoms with van der Waals surface area (Å²) in [6.45, 7) is 8.42. The van der Waals surface area contributed by atoms with Crippen molar-refractivity contribution < 1.29 is 4.74 Å². The molecule has 1 atom stereocenters. The molecule has 1 aromatic rings. The standard InChI is InChI=1S/C12H18O/c1-5-11(4)13-12-9(2)7-6-8-10(12)3/h6-8,11H,5H2,1-4H3. The van der Waals surface area contributed by atoms with E-state index in [9.17, 15) is 0 Å². The zero-order valence-electron chi connectivity index (χ0n) is 8.92. The average Bonchev–Trinajstić information content (AvgIpc) is 2.11. The second-order valence-electron chi connectivity index (χ2n) is 3.56. The predicted molar refractivity (Wildman–Crippen MR) is 56.3 cm³/mol. The molecule has 72 valence electrons. The van der Waals surface area contributed by atoms with E-state index in [4.69, 9.17) is 4.74 Å².